The first-order valence-electron chi connectivity index (χ1n) is 9.25. The van der Waals surface area contributed by atoms with E-state index in [4.69, 9.17) is 11.6 Å². The van der Waals surface area contributed by atoms with Crippen LogP contribution in [0.5, 0.6) is 0 Å². The predicted octanol–water partition coefficient (Wildman–Crippen LogP) is 4.99. The van der Waals surface area contributed by atoms with Gasteiger partial charge in [-0.25, -0.2) is 5.84 Å². The Balaban J connectivity index is 0.000000730. The smallest absolute Gasteiger partial charge is 0.0825 e. The molecule has 2 aromatic rings. The van der Waals surface area contributed by atoms with Crippen molar-refractivity contribution in [1.82, 2.24) is 5.01 Å². The molecule has 0 heterocycles. The fourth-order valence-corrected chi connectivity index (χ4v) is 3.20. The molecular formula is C22H33N3. The summed E-state index contributed by atoms with van der Waals surface area (Å²) in [5.41, 5.74) is 12.9. The summed E-state index contributed by atoms with van der Waals surface area (Å²) in [5, 5.41) is 1.63. The molecule has 0 saturated carbocycles. The molecule has 1 unspecified atom stereocenters. The maximum atomic E-state index is 6.48. The van der Waals surface area contributed by atoms with E-state index in [0.717, 1.165) is 28.9 Å². The lowest BCUT2D eigenvalue weighted by molar-refractivity contribution is 0.510. The Hall–Kier alpha value is -2.26. The maximum absolute atomic E-state index is 6.48. The molecule has 3 rings (SSSR count). The highest BCUT2D eigenvalue weighted by atomic mass is 15.4. The number of hydrogen-bond donors (Lipinski definition) is 2. The molecule has 2 aromatic carbocycles. The van der Waals surface area contributed by atoms with Crippen LogP contribution in [0.1, 0.15) is 62.8 Å². The molecule has 1 atom stereocenters. The molecule has 3 heteroatoms. The molecule has 1 aliphatic rings. The minimum Gasteiger partial charge on any atom is -0.396 e. The predicted molar refractivity (Wildman–Crippen MR) is 111 cm³/mol. The van der Waals surface area contributed by atoms with Gasteiger partial charge in [0.2, 0.25) is 0 Å². The maximum Gasteiger partial charge on any atom is 0.0825 e. The Morgan fingerprint density at radius 3 is 2.00 bits per heavy atom. The van der Waals surface area contributed by atoms with Crippen LogP contribution in [0.2, 0.25) is 0 Å². The van der Waals surface area contributed by atoms with Crippen LogP contribution in [0.4, 0.5) is 0 Å². The Bertz CT molecular complexity index is 702. The third-order valence-corrected chi connectivity index (χ3v) is 4.19. The zero-order valence-electron chi connectivity index (χ0n) is 16.5. The first-order chi connectivity index (χ1) is 12.1. The summed E-state index contributed by atoms with van der Waals surface area (Å²) in [6.07, 6.45) is 0.982. The van der Waals surface area contributed by atoms with Gasteiger partial charge in [-0.1, -0.05) is 83.1 Å². The van der Waals surface area contributed by atoms with Crippen LogP contribution in [0.25, 0.3) is 11.4 Å². The van der Waals surface area contributed by atoms with Crippen molar-refractivity contribution in [3.8, 4) is 0 Å². The van der Waals surface area contributed by atoms with Crippen molar-refractivity contribution >= 4 is 11.4 Å². The second kappa shape index (κ2) is 9.90. The molecule has 1 aliphatic carbocycles. The lowest BCUT2D eigenvalue weighted by Crippen LogP contribution is -2.28. The zero-order valence-corrected chi connectivity index (χ0v) is 16.5. The number of benzene rings is 2. The topological polar surface area (TPSA) is 55.3 Å². The first kappa shape index (κ1) is 20.8. The summed E-state index contributed by atoms with van der Waals surface area (Å²) in [6.45, 7) is 10.3. The van der Waals surface area contributed by atoms with Gasteiger partial charge in [-0.3, -0.25) is 0 Å². The monoisotopic (exact) mass is 339 g/mol. The molecule has 0 amide bonds. The molecule has 136 valence electrons. The van der Waals surface area contributed by atoms with Gasteiger partial charge in [0.15, 0.2) is 0 Å². The van der Waals surface area contributed by atoms with Gasteiger partial charge in [-0.05, 0) is 23.5 Å². The third kappa shape index (κ3) is 4.43. The van der Waals surface area contributed by atoms with Gasteiger partial charge in [0.1, 0.15) is 0 Å². The van der Waals surface area contributed by atoms with E-state index in [2.05, 4.69) is 43.3 Å². The van der Waals surface area contributed by atoms with Crippen LogP contribution in [0.15, 0.2) is 48.5 Å². The van der Waals surface area contributed by atoms with Crippen LogP contribution in [-0.2, 0) is 6.42 Å². The quantitative estimate of drug-likeness (QED) is 0.568. The van der Waals surface area contributed by atoms with Crippen LogP contribution < -0.4 is 11.6 Å². The van der Waals surface area contributed by atoms with Crippen LogP contribution in [0.3, 0.4) is 0 Å². The van der Waals surface area contributed by atoms with Crippen LogP contribution in [-0.4, -0.2) is 12.1 Å². The molecule has 25 heavy (non-hydrogen) atoms. The Labute approximate surface area is 153 Å². The zero-order chi connectivity index (χ0) is 19.0. The van der Waals surface area contributed by atoms with E-state index in [9.17, 15) is 0 Å². The molecule has 0 radical (unpaired) electrons. The highest BCUT2D eigenvalue weighted by molar-refractivity contribution is 5.90. The second-order valence-electron chi connectivity index (χ2n) is 5.72. The van der Waals surface area contributed by atoms with Gasteiger partial charge in [0.05, 0.1) is 11.4 Å². The number of rotatable bonds is 1. The van der Waals surface area contributed by atoms with E-state index < -0.39 is 0 Å². The van der Waals surface area contributed by atoms with E-state index in [0.29, 0.717) is 5.92 Å². The SMILES string of the molecule is CC.CC.CC1Cc2ccccc2/C(N)=C(/N(C)N)c2ccccc21. The average molecular weight is 340 g/mol. The van der Waals surface area contributed by atoms with Gasteiger partial charge in [0.25, 0.3) is 0 Å². The standard InChI is InChI=1S/C18H21N3.2C2H6/c1-12-11-13-7-3-4-9-15(13)17(19)18(21(2)20)16-10-6-5-8-14(12)16;2*1-2/h3-10,12H,11,19-20H2,1-2H3;2*1-2H3/b18-17-;;. The number of fused-ring (bicyclic) bond motifs is 2. The van der Waals surface area contributed by atoms with Gasteiger partial charge in [-0.15, -0.1) is 0 Å². The lowest BCUT2D eigenvalue weighted by Gasteiger charge is -2.28. The summed E-state index contributed by atoms with van der Waals surface area (Å²) in [6, 6.07) is 16.7. The number of nitrogens with two attached hydrogens (primary N) is 2. The normalized spacial score (nSPS) is 18.1. The van der Waals surface area contributed by atoms with Gasteiger partial charge < -0.3 is 10.7 Å². The van der Waals surface area contributed by atoms with Crippen LogP contribution >= 0.6 is 0 Å². The summed E-state index contributed by atoms with van der Waals surface area (Å²) >= 11 is 0. The largest absolute Gasteiger partial charge is 0.396 e. The lowest BCUT2D eigenvalue weighted by atomic mass is 9.84. The Morgan fingerprint density at radius 1 is 0.880 bits per heavy atom. The van der Waals surface area contributed by atoms with Crippen LogP contribution in [0, 0.1) is 0 Å². The number of nitrogens with zero attached hydrogens (tertiary/aromatic N) is 1. The molecule has 0 aromatic heterocycles. The highest BCUT2D eigenvalue weighted by Crippen LogP contribution is 2.36. The van der Waals surface area contributed by atoms with E-state index in [1.807, 2.05) is 46.9 Å². The Morgan fingerprint density at radius 2 is 1.40 bits per heavy atom. The van der Waals surface area contributed by atoms with Crippen molar-refractivity contribution in [2.75, 3.05) is 7.05 Å². The van der Waals surface area contributed by atoms with E-state index in [1.165, 1.54) is 11.1 Å². The van der Waals surface area contributed by atoms with Crippen molar-refractivity contribution in [2.45, 2.75) is 47.0 Å². The van der Waals surface area contributed by atoms with Crippen molar-refractivity contribution < 1.29 is 0 Å². The van der Waals surface area contributed by atoms with E-state index in [1.54, 1.807) is 5.01 Å². The minimum atomic E-state index is 0.422. The molecule has 0 aliphatic heterocycles. The second-order valence-corrected chi connectivity index (χ2v) is 5.72. The molecular weight excluding hydrogens is 306 g/mol. The molecule has 0 saturated heterocycles. The minimum absolute atomic E-state index is 0.422. The molecule has 4 N–H and O–H groups in total. The summed E-state index contributed by atoms with van der Waals surface area (Å²) in [5.74, 6) is 6.51. The third-order valence-electron chi connectivity index (χ3n) is 4.19. The van der Waals surface area contributed by atoms with Crippen molar-refractivity contribution in [1.29, 1.82) is 0 Å². The van der Waals surface area contributed by atoms with Crippen molar-refractivity contribution in [3.63, 3.8) is 0 Å². The van der Waals surface area contributed by atoms with Crippen molar-refractivity contribution in [2.24, 2.45) is 11.6 Å². The number of hydrazine groups is 1. The molecule has 3 nitrogen and oxygen atoms in total. The first-order valence-corrected chi connectivity index (χ1v) is 9.25. The molecule has 0 fully saturated rings. The fourth-order valence-electron chi connectivity index (χ4n) is 3.20. The summed E-state index contributed by atoms with van der Waals surface area (Å²) in [4.78, 5) is 0. The van der Waals surface area contributed by atoms with Gasteiger partial charge in [-0.2, -0.15) is 0 Å². The summed E-state index contributed by atoms with van der Waals surface area (Å²) < 4.78 is 0. The average Bonchev–Trinajstić information content (AvgIpc) is 2.65. The Kier molecular flexibility index (Phi) is 8.23. The van der Waals surface area contributed by atoms with Gasteiger partial charge in [0, 0.05) is 18.2 Å². The van der Waals surface area contributed by atoms with Gasteiger partial charge >= 0.3 is 0 Å². The number of hydrogen-bond acceptors (Lipinski definition) is 3. The highest BCUT2D eigenvalue weighted by Gasteiger charge is 2.23. The molecule has 0 spiro atoms. The van der Waals surface area contributed by atoms with Crippen molar-refractivity contribution in [3.05, 3.63) is 70.8 Å². The summed E-state index contributed by atoms with van der Waals surface area (Å²) in [7, 11) is 1.84. The fraction of sp³-hybridized carbons (Fsp3) is 0.364. The molecule has 0 bridgehead atoms. The van der Waals surface area contributed by atoms with E-state index >= 15 is 0 Å². The van der Waals surface area contributed by atoms with E-state index in [-0.39, 0.29) is 0 Å².